The van der Waals surface area contributed by atoms with Crippen LogP contribution in [0.2, 0.25) is 0 Å². The van der Waals surface area contributed by atoms with Crippen LogP contribution in [0, 0.1) is 5.92 Å². The van der Waals surface area contributed by atoms with Gasteiger partial charge in [0.15, 0.2) is 0 Å². The van der Waals surface area contributed by atoms with Crippen LogP contribution in [0.3, 0.4) is 0 Å². The summed E-state index contributed by atoms with van der Waals surface area (Å²) in [5.41, 5.74) is -1.32. The van der Waals surface area contributed by atoms with Gasteiger partial charge in [0.1, 0.15) is 5.75 Å². The maximum absolute atomic E-state index is 12.3. The van der Waals surface area contributed by atoms with Crippen LogP contribution in [0.4, 0.5) is 0 Å². The van der Waals surface area contributed by atoms with Gasteiger partial charge in [0, 0.05) is 6.42 Å². The fraction of sp³-hybridized carbons (Fsp3) is 0.400. The molecule has 0 heterocycles. The van der Waals surface area contributed by atoms with Gasteiger partial charge in [-0.15, -0.1) is 0 Å². The molecule has 0 fully saturated rings. The third-order valence-electron chi connectivity index (χ3n) is 3.72. The van der Waals surface area contributed by atoms with Gasteiger partial charge in [0.25, 0.3) is 0 Å². The van der Waals surface area contributed by atoms with Crippen LogP contribution in [-0.2, 0) is 14.3 Å². The molecule has 0 amide bonds. The van der Waals surface area contributed by atoms with Gasteiger partial charge in [0.2, 0.25) is 5.60 Å². The van der Waals surface area contributed by atoms with Crippen LogP contribution in [-0.4, -0.2) is 17.5 Å². The molecule has 2 aromatic carbocycles. The predicted octanol–water partition coefficient (Wildman–Crippen LogP) is 4.50. The van der Waals surface area contributed by atoms with Crippen molar-refractivity contribution in [1.82, 2.24) is 0 Å². The molecule has 0 radical (unpaired) electrons. The van der Waals surface area contributed by atoms with Crippen molar-refractivity contribution in [2.45, 2.75) is 46.1 Å². The van der Waals surface area contributed by atoms with E-state index in [4.69, 9.17) is 9.47 Å². The molecule has 0 atom stereocenters. The number of carbonyl (C=O) groups excluding carboxylic acids is 2. The minimum Gasteiger partial charge on any atom is -0.448 e. The van der Waals surface area contributed by atoms with E-state index in [1.54, 1.807) is 26.0 Å². The van der Waals surface area contributed by atoms with Gasteiger partial charge in [-0.2, -0.15) is 0 Å². The van der Waals surface area contributed by atoms with Crippen LogP contribution in [0.25, 0.3) is 10.8 Å². The van der Waals surface area contributed by atoms with Crippen molar-refractivity contribution in [1.29, 1.82) is 0 Å². The lowest BCUT2D eigenvalue weighted by molar-refractivity contribution is -0.172. The number of esters is 2. The number of rotatable bonds is 6. The van der Waals surface area contributed by atoms with Crippen molar-refractivity contribution in [2.75, 3.05) is 0 Å². The third-order valence-corrected chi connectivity index (χ3v) is 3.72. The standard InChI is InChI=1S/C20H24O4/c1-14(2)9-12-18(21)24-20(3,4)19(22)23-17-11-10-15-7-5-6-8-16(15)13-17/h5-8,10-11,13-14H,9,12H2,1-4H3. The average molecular weight is 328 g/mol. The first kappa shape index (κ1) is 18.0. The molecule has 0 N–H and O–H groups in total. The maximum Gasteiger partial charge on any atom is 0.355 e. The van der Waals surface area contributed by atoms with E-state index >= 15 is 0 Å². The molecule has 0 aliphatic rings. The summed E-state index contributed by atoms with van der Waals surface area (Å²) in [6.45, 7) is 7.16. The Morgan fingerprint density at radius 2 is 1.71 bits per heavy atom. The Labute approximate surface area is 142 Å². The molecular formula is C20H24O4. The molecule has 2 rings (SSSR count). The minimum absolute atomic E-state index is 0.296. The molecule has 128 valence electrons. The Kier molecular flexibility index (Phi) is 5.60. The molecule has 0 bridgehead atoms. The first-order valence-electron chi connectivity index (χ1n) is 8.21. The summed E-state index contributed by atoms with van der Waals surface area (Å²) >= 11 is 0. The molecular weight excluding hydrogens is 304 g/mol. The average Bonchev–Trinajstić information content (AvgIpc) is 2.52. The number of benzene rings is 2. The molecule has 0 aliphatic carbocycles. The topological polar surface area (TPSA) is 52.6 Å². The van der Waals surface area contributed by atoms with E-state index in [0.29, 0.717) is 18.1 Å². The lowest BCUT2D eigenvalue weighted by Crippen LogP contribution is -2.40. The Balaban J connectivity index is 2.02. The van der Waals surface area contributed by atoms with Gasteiger partial charge < -0.3 is 9.47 Å². The summed E-state index contributed by atoms with van der Waals surface area (Å²) in [6, 6.07) is 13.2. The van der Waals surface area contributed by atoms with Crippen LogP contribution in [0.15, 0.2) is 42.5 Å². The van der Waals surface area contributed by atoms with Crippen molar-refractivity contribution in [3.05, 3.63) is 42.5 Å². The molecule has 0 saturated heterocycles. The summed E-state index contributed by atoms with van der Waals surface area (Å²) in [4.78, 5) is 24.2. The van der Waals surface area contributed by atoms with Crippen molar-refractivity contribution in [3.8, 4) is 5.75 Å². The summed E-state index contributed by atoms with van der Waals surface area (Å²) in [6.07, 6.45) is 1.03. The van der Waals surface area contributed by atoms with E-state index in [-0.39, 0.29) is 5.97 Å². The van der Waals surface area contributed by atoms with E-state index < -0.39 is 11.6 Å². The van der Waals surface area contributed by atoms with Gasteiger partial charge in [-0.05, 0) is 49.1 Å². The Morgan fingerprint density at radius 1 is 1.04 bits per heavy atom. The highest BCUT2D eigenvalue weighted by atomic mass is 16.6. The first-order valence-corrected chi connectivity index (χ1v) is 8.21. The highest BCUT2D eigenvalue weighted by Gasteiger charge is 2.34. The normalized spacial score (nSPS) is 11.5. The van der Waals surface area contributed by atoms with E-state index in [1.165, 1.54) is 0 Å². The van der Waals surface area contributed by atoms with Crippen LogP contribution in [0.5, 0.6) is 5.75 Å². The number of carbonyl (C=O) groups is 2. The van der Waals surface area contributed by atoms with Gasteiger partial charge in [-0.3, -0.25) is 4.79 Å². The van der Waals surface area contributed by atoms with Crippen molar-refractivity contribution in [2.24, 2.45) is 5.92 Å². The SMILES string of the molecule is CC(C)CCC(=O)OC(C)(C)C(=O)Oc1ccc2ccccc2c1. The zero-order valence-electron chi connectivity index (χ0n) is 14.7. The van der Waals surface area contributed by atoms with Gasteiger partial charge in [0.05, 0.1) is 0 Å². The summed E-state index contributed by atoms with van der Waals surface area (Å²) < 4.78 is 10.7. The second kappa shape index (κ2) is 7.47. The van der Waals surface area contributed by atoms with E-state index in [2.05, 4.69) is 0 Å². The molecule has 0 unspecified atom stereocenters. The fourth-order valence-electron chi connectivity index (χ4n) is 2.24. The zero-order valence-corrected chi connectivity index (χ0v) is 14.7. The number of ether oxygens (including phenoxy) is 2. The highest BCUT2D eigenvalue weighted by molar-refractivity contribution is 5.87. The second-order valence-corrected chi connectivity index (χ2v) is 6.82. The summed E-state index contributed by atoms with van der Waals surface area (Å²) in [5.74, 6) is -0.130. The molecule has 4 nitrogen and oxygen atoms in total. The van der Waals surface area contributed by atoms with E-state index in [9.17, 15) is 9.59 Å². The lowest BCUT2D eigenvalue weighted by Gasteiger charge is -2.23. The predicted molar refractivity (Wildman–Crippen MR) is 93.8 cm³/mol. The lowest BCUT2D eigenvalue weighted by atomic mass is 10.1. The van der Waals surface area contributed by atoms with Crippen molar-refractivity contribution < 1.29 is 19.1 Å². The fourth-order valence-corrected chi connectivity index (χ4v) is 2.24. The van der Waals surface area contributed by atoms with Crippen molar-refractivity contribution in [3.63, 3.8) is 0 Å². The monoisotopic (exact) mass is 328 g/mol. The van der Waals surface area contributed by atoms with Gasteiger partial charge in [-0.25, -0.2) is 4.79 Å². The summed E-state index contributed by atoms with van der Waals surface area (Å²) in [5, 5.41) is 2.05. The van der Waals surface area contributed by atoms with Crippen LogP contribution in [0.1, 0.15) is 40.5 Å². The number of hydrogen-bond acceptors (Lipinski definition) is 4. The molecule has 0 spiro atoms. The van der Waals surface area contributed by atoms with E-state index in [0.717, 1.165) is 17.2 Å². The highest BCUT2D eigenvalue weighted by Crippen LogP contribution is 2.23. The molecule has 0 aromatic heterocycles. The molecule has 4 heteroatoms. The maximum atomic E-state index is 12.3. The summed E-state index contributed by atoms with van der Waals surface area (Å²) in [7, 11) is 0. The Bertz CT molecular complexity index is 731. The molecule has 0 aliphatic heterocycles. The molecule has 24 heavy (non-hydrogen) atoms. The quantitative estimate of drug-likeness (QED) is 0.578. The first-order chi connectivity index (χ1) is 11.3. The number of hydrogen-bond donors (Lipinski definition) is 0. The van der Waals surface area contributed by atoms with Crippen molar-refractivity contribution >= 4 is 22.7 Å². The van der Waals surface area contributed by atoms with Gasteiger partial charge >= 0.3 is 11.9 Å². The second-order valence-electron chi connectivity index (χ2n) is 6.82. The third kappa shape index (κ3) is 4.82. The van der Waals surface area contributed by atoms with Crippen LogP contribution < -0.4 is 4.74 Å². The smallest absolute Gasteiger partial charge is 0.355 e. The molecule has 0 saturated carbocycles. The Morgan fingerprint density at radius 3 is 2.38 bits per heavy atom. The van der Waals surface area contributed by atoms with E-state index in [1.807, 2.05) is 44.2 Å². The zero-order chi connectivity index (χ0) is 17.7. The number of fused-ring (bicyclic) bond motifs is 1. The molecule has 2 aromatic rings. The van der Waals surface area contributed by atoms with Gasteiger partial charge in [-0.1, -0.05) is 44.2 Å². The van der Waals surface area contributed by atoms with Crippen LogP contribution >= 0.6 is 0 Å². The Hall–Kier alpha value is -2.36. The largest absolute Gasteiger partial charge is 0.448 e. The minimum atomic E-state index is -1.32.